The molecule has 80 valence electrons. The molecule has 2 heterocycles. The molecule has 1 aromatic rings. The van der Waals surface area contributed by atoms with Crippen LogP contribution in [-0.2, 0) is 6.42 Å². The van der Waals surface area contributed by atoms with E-state index in [1.165, 1.54) is 42.6 Å². The lowest BCUT2D eigenvalue weighted by molar-refractivity contribution is 0.865. The molecule has 0 fully saturated rings. The minimum absolute atomic E-state index is 1.07. The minimum atomic E-state index is 1.07. The Balaban J connectivity index is 1.92. The average molecular weight is 209 g/mol. The standard InChI is InChI=1S/C15H15N/c1-4-11-10-15-14(13(11)7-1)8-2-5-12-6-3-9-16(12)15/h2-3,6,8-9H,1,4-5,7,10H2. The number of aromatic nitrogens is 1. The molecule has 0 radical (unpaired) electrons. The van der Waals surface area contributed by atoms with Gasteiger partial charge in [0, 0.05) is 30.4 Å². The summed E-state index contributed by atoms with van der Waals surface area (Å²) in [5, 5.41) is 0. The Morgan fingerprint density at radius 1 is 1.19 bits per heavy atom. The van der Waals surface area contributed by atoms with E-state index < -0.39 is 0 Å². The maximum Gasteiger partial charge on any atom is 0.0339 e. The highest BCUT2D eigenvalue weighted by molar-refractivity contribution is 5.73. The monoisotopic (exact) mass is 209 g/mol. The first-order valence-corrected chi connectivity index (χ1v) is 6.21. The van der Waals surface area contributed by atoms with Crippen LogP contribution in [0.5, 0.6) is 0 Å². The van der Waals surface area contributed by atoms with Crippen LogP contribution in [0.4, 0.5) is 0 Å². The van der Waals surface area contributed by atoms with Crippen LogP contribution in [0.3, 0.4) is 0 Å². The second-order valence-corrected chi connectivity index (χ2v) is 4.95. The molecule has 2 aliphatic carbocycles. The van der Waals surface area contributed by atoms with Crippen molar-refractivity contribution in [3.05, 3.63) is 52.9 Å². The maximum atomic E-state index is 2.41. The summed E-state index contributed by atoms with van der Waals surface area (Å²) >= 11 is 0. The molecule has 0 atom stereocenters. The Labute approximate surface area is 95.8 Å². The van der Waals surface area contributed by atoms with E-state index in [0.717, 1.165) is 6.42 Å². The Bertz CT molecular complexity index is 552. The first-order chi connectivity index (χ1) is 7.93. The van der Waals surface area contributed by atoms with E-state index in [2.05, 4.69) is 35.0 Å². The van der Waals surface area contributed by atoms with Crippen LogP contribution in [0.25, 0.3) is 5.70 Å². The summed E-state index contributed by atoms with van der Waals surface area (Å²) < 4.78 is 2.41. The number of hydrogen-bond acceptors (Lipinski definition) is 0. The molecule has 1 aliphatic heterocycles. The van der Waals surface area contributed by atoms with Crippen molar-refractivity contribution < 1.29 is 0 Å². The van der Waals surface area contributed by atoms with Crippen molar-refractivity contribution in [2.24, 2.45) is 0 Å². The van der Waals surface area contributed by atoms with Gasteiger partial charge in [0.1, 0.15) is 0 Å². The Hall–Kier alpha value is -1.50. The fourth-order valence-electron chi connectivity index (χ4n) is 3.35. The third-order valence-electron chi connectivity index (χ3n) is 4.08. The van der Waals surface area contributed by atoms with E-state index in [4.69, 9.17) is 0 Å². The third kappa shape index (κ3) is 1.01. The smallest absolute Gasteiger partial charge is 0.0339 e. The van der Waals surface area contributed by atoms with E-state index in [-0.39, 0.29) is 0 Å². The topological polar surface area (TPSA) is 4.93 Å². The average Bonchev–Trinajstić information content (AvgIpc) is 2.93. The molecule has 1 heteroatoms. The molecule has 1 aromatic heterocycles. The van der Waals surface area contributed by atoms with Crippen molar-refractivity contribution in [3.63, 3.8) is 0 Å². The van der Waals surface area contributed by atoms with Gasteiger partial charge in [-0.15, -0.1) is 0 Å². The van der Waals surface area contributed by atoms with Gasteiger partial charge in [-0.2, -0.15) is 0 Å². The molecule has 0 unspecified atom stereocenters. The molecule has 0 bridgehead atoms. The Morgan fingerprint density at radius 3 is 3.19 bits per heavy atom. The second-order valence-electron chi connectivity index (χ2n) is 4.95. The van der Waals surface area contributed by atoms with Crippen LogP contribution in [0.2, 0.25) is 0 Å². The molecule has 3 aliphatic rings. The molecular formula is C15H15N. The zero-order chi connectivity index (χ0) is 10.5. The quantitative estimate of drug-likeness (QED) is 0.614. The highest BCUT2D eigenvalue weighted by Gasteiger charge is 2.28. The lowest BCUT2D eigenvalue weighted by Crippen LogP contribution is -1.99. The molecule has 0 saturated carbocycles. The van der Waals surface area contributed by atoms with Crippen molar-refractivity contribution in [2.45, 2.75) is 32.1 Å². The fourth-order valence-corrected chi connectivity index (χ4v) is 3.35. The Kier molecular flexibility index (Phi) is 1.62. The third-order valence-corrected chi connectivity index (χ3v) is 4.08. The fraction of sp³-hybridized carbons (Fsp3) is 0.333. The van der Waals surface area contributed by atoms with E-state index in [1.807, 2.05) is 0 Å². The second kappa shape index (κ2) is 3.00. The molecule has 1 nitrogen and oxygen atoms in total. The summed E-state index contributed by atoms with van der Waals surface area (Å²) in [7, 11) is 0. The van der Waals surface area contributed by atoms with Gasteiger partial charge < -0.3 is 4.57 Å². The van der Waals surface area contributed by atoms with Crippen molar-refractivity contribution in [2.75, 3.05) is 0 Å². The molecule has 16 heavy (non-hydrogen) atoms. The first-order valence-electron chi connectivity index (χ1n) is 6.21. The molecule has 0 amide bonds. The predicted molar refractivity (Wildman–Crippen MR) is 66.0 cm³/mol. The summed E-state index contributed by atoms with van der Waals surface area (Å²) in [4.78, 5) is 0. The zero-order valence-corrected chi connectivity index (χ0v) is 9.37. The van der Waals surface area contributed by atoms with Gasteiger partial charge in [0.25, 0.3) is 0 Å². The van der Waals surface area contributed by atoms with Gasteiger partial charge in [-0.3, -0.25) is 0 Å². The van der Waals surface area contributed by atoms with Gasteiger partial charge >= 0.3 is 0 Å². The number of fused-ring (bicyclic) bond motifs is 3. The summed E-state index contributed by atoms with van der Waals surface area (Å²) in [6, 6.07) is 4.41. The van der Waals surface area contributed by atoms with E-state index in [9.17, 15) is 0 Å². The summed E-state index contributed by atoms with van der Waals surface area (Å²) in [5.74, 6) is 0. The maximum absolute atomic E-state index is 2.41. The van der Waals surface area contributed by atoms with Gasteiger partial charge in [-0.25, -0.2) is 0 Å². The van der Waals surface area contributed by atoms with Crippen molar-refractivity contribution >= 4 is 5.70 Å². The van der Waals surface area contributed by atoms with Gasteiger partial charge in [0.2, 0.25) is 0 Å². The van der Waals surface area contributed by atoms with Crippen LogP contribution in [0.1, 0.15) is 31.4 Å². The lowest BCUT2D eigenvalue weighted by Gasteiger charge is -2.11. The summed E-state index contributed by atoms with van der Waals surface area (Å²) in [5.41, 5.74) is 7.85. The molecule has 0 N–H and O–H groups in total. The first kappa shape index (κ1) is 8.63. The predicted octanol–water partition coefficient (Wildman–Crippen LogP) is 3.70. The number of hydrogen-bond donors (Lipinski definition) is 0. The largest absolute Gasteiger partial charge is 0.323 e. The Morgan fingerprint density at radius 2 is 2.19 bits per heavy atom. The number of nitrogens with zero attached hydrogens (tertiary/aromatic N) is 1. The highest BCUT2D eigenvalue weighted by atomic mass is 15.0. The van der Waals surface area contributed by atoms with Crippen LogP contribution >= 0.6 is 0 Å². The van der Waals surface area contributed by atoms with Gasteiger partial charge in [0.05, 0.1) is 0 Å². The van der Waals surface area contributed by atoms with Gasteiger partial charge in [0.15, 0.2) is 0 Å². The zero-order valence-electron chi connectivity index (χ0n) is 9.37. The lowest BCUT2D eigenvalue weighted by atomic mass is 10.1. The highest BCUT2D eigenvalue weighted by Crippen LogP contribution is 2.45. The van der Waals surface area contributed by atoms with Crippen LogP contribution < -0.4 is 0 Å². The molecule has 4 rings (SSSR count). The normalized spacial score (nSPS) is 22.2. The van der Waals surface area contributed by atoms with E-state index in [1.54, 1.807) is 11.1 Å². The van der Waals surface area contributed by atoms with Crippen LogP contribution in [-0.4, -0.2) is 4.57 Å². The summed E-state index contributed by atoms with van der Waals surface area (Å²) in [6.07, 6.45) is 13.2. The van der Waals surface area contributed by atoms with Crippen LogP contribution in [0, 0.1) is 0 Å². The number of allylic oxidation sites excluding steroid dienone is 6. The molecule has 0 spiro atoms. The summed E-state index contributed by atoms with van der Waals surface area (Å²) in [6.45, 7) is 0. The SMILES string of the molecule is C1=CC2=C(CC3=C2CCC3)n2cccc2C1. The van der Waals surface area contributed by atoms with E-state index >= 15 is 0 Å². The minimum Gasteiger partial charge on any atom is -0.323 e. The molecular weight excluding hydrogens is 194 g/mol. The van der Waals surface area contributed by atoms with Gasteiger partial charge in [-0.1, -0.05) is 17.7 Å². The van der Waals surface area contributed by atoms with Crippen molar-refractivity contribution in [1.82, 2.24) is 4.57 Å². The van der Waals surface area contributed by atoms with Gasteiger partial charge in [-0.05, 0) is 42.5 Å². The van der Waals surface area contributed by atoms with E-state index in [0.29, 0.717) is 0 Å². The molecule has 0 aromatic carbocycles. The number of rotatable bonds is 0. The van der Waals surface area contributed by atoms with Crippen molar-refractivity contribution in [3.8, 4) is 0 Å². The van der Waals surface area contributed by atoms with Crippen molar-refractivity contribution in [1.29, 1.82) is 0 Å². The molecule has 0 saturated heterocycles. The van der Waals surface area contributed by atoms with Crippen LogP contribution in [0.15, 0.2) is 47.2 Å².